The van der Waals surface area contributed by atoms with Gasteiger partial charge in [0.15, 0.2) is 4.96 Å². The minimum atomic E-state index is -0.0423. The zero-order valence-electron chi connectivity index (χ0n) is 18.2. The summed E-state index contributed by atoms with van der Waals surface area (Å²) in [7, 11) is 1.65. The van der Waals surface area contributed by atoms with Crippen LogP contribution in [-0.4, -0.2) is 27.4 Å². The molecule has 8 heteroatoms. The molecule has 0 atom stereocenters. The first-order valence-electron chi connectivity index (χ1n) is 10.5. The number of nitrogens with zero attached hydrogens (tertiary/aromatic N) is 3. The summed E-state index contributed by atoms with van der Waals surface area (Å²) < 4.78 is 7.21. The monoisotopic (exact) mass is 474 g/mol. The van der Waals surface area contributed by atoms with E-state index in [0.29, 0.717) is 13.0 Å². The van der Waals surface area contributed by atoms with Crippen LogP contribution in [0.5, 0.6) is 5.75 Å². The van der Waals surface area contributed by atoms with Gasteiger partial charge < -0.3 is 10.1 Å². The molecule has 0 bridgehead atoms. The summed E-state index contributed by atoms with van der Waals surface area (Å²) in [5.74, 6) is 0.772. The maximum atomic E-state index is 12.6. The highest BCUT2D eigenvalue weighted by Gasteiger charge is 2.13. The second-order valence-corrected chi connectivity index (χ2v) is 9.39. The lowest BCUT2D eigenvalue weighted by Gasteiger charge is -2.03. The summed E-state index contributed by atoms with van der Waals surface area (Å²) in [4.78, 5) is 22.9. The van der Waals surface area contributed by atoms with Crippen molar-refractivity contribution >= 4 is 33.5 Å². The van der Waals surface area contributed by atoms with Gasteiger partial charge in [-0.1, -0.05) is 29.8 Å². The van der Waals surface area contributed by atoms with Crippen LogP contribution in [0.4, 0.5) is 0 Å². The molecule has 0 saturated heterocycles. The predicted molar refractivity (Wildman–Crippen MR) is 133 cm³/mol. The molecule has 0 aliphatic heterocycles. The highest BCUT2D eigenvalue weighted by atomic mass is 32.1. The zero-order chi connectivity index (χ0) is 22.8. The maximum absolute atomic E-state index is 12.6. The summed E-state index contributed by atoms with van der Waals surface area (Å²) in [6, 6.07) is 16.1. The zero-order valence-corrected chi connectivity index (χ0v) is 19.9. The molecule has 3 heterocycles. The molecule has 0 spiro atoms. The Bertz CT molecular complexity index is 1400. The Labute approximate surface area is 199 Å². The Morgan fingerprint density at radius 2 is 1.76 bits per heavy atom. The van der Waals surface area contributed by atoms with Crippen LogP contribution >= 0.6 is 22.7 Å². The first-order valence-corrected chi connectivity index (χ1v) is 12.2. The van der Waals surface area contributed by atoms with Gasteiger partial charge in [-0.3, -0.25) is 9.20 Å². The summed E-state index contributed by atoms with van der Waals surface area (Å²) in [5, 5.41) is 7.88. The number of rotatable bonds is 7. The quantitative estimate of drug-likeness (QED) is 0.345. The van der Waals surface area contributed by atoms with E-state index < -0.39 is 0 Å². The fourth-order valence-corrected chi connectivity index (χ4v) is 5.19. The van der Waals surface area contributed by atoms with Gasteiger partial charge in [0.2, 0.25) is 5.91 Å². The van der Waals surface area contributed by atoms with E-state index in [0.717, 1.165) is 43.9 Å². The van der Waals surface area contributed by atoms with Crippen LogP contribution in [0.15, 0.2) is 65.5 Å². The Kier molecular flexibility index (Phi) is 5.93. The second kappa shape index (κ2) is 9.17. The maximum Gasteiger partial charge on any atom is 0.226 e. The van der Waals surface area contributed by atoms with Crippen LogP contribution in [0.3, 0.4) is 0 Å². The Hall–Kier alpha value is -3.49. The lowest BCUT2D eigenvalue weighted by atomic mass is 10.1. The smallest absolute Gasteiger partial charge is 0.226 e. The van der Waals surface area contributed by atoms with Crippen molar-refractivity contribution in [3.05, 3.63) is 82.4 Å². The first kappa shape index (κ1) is 21.4. The van der Waals surface area contributed by atoms with Crippen molar-refractivity contribution in [2.75, 3.05) is 7.11 Å². The topological polar surface area (TPSA) is 68.5 Å². The largest absolute Gasteiger partial charge is 0.497 e. The molecular weight excluding hydrogens is 452 g/mol. The number of thiazole rings is 2. The number of imidazole rings is 1. The number of ether oxygens (including phenoxy) is 1. The van der Waals surface area contributed by atoms with E-state index in [1.165, 1.54) is 5.56 Å². The van der Waals surface area contributed by atoms with Crippen LogP contribution in [0.25, 0.3) is 26.8 Å². The van der Waals surface area contributed by atoms with Crippen LogP contribution in [-0.2, 0) is 17.8 Å². The van der Waals surface area contributed by atoms with Gasteiger partial charge in [0, 0.05) is 33.8 Å². The SMILES string of the molecule is COc1ccc(-c2nc(CNC(=O)Cc3csc4nc(-c5ccc(C)cc5)cn34)cs2)cc1. The Morgan fingerprint density at radius 1 is 1.00 bits per heavy atom. The number of hydrogen-bond acceptors (Lipinski definition) is 6. The van der Waals surface area contributed by atoms with Crippen molar-refractivity contribution < 1.29 is 9.53 Å². The molecule has 6 nitrogen and oxygen atoms in total. The molecule has 2 aromatic carbocycles. The van der Waals surface area contributed by atoms with Crippen LogP contribution < -0.4 is 10.1 Å². The van der Waals surface area contributed by atoms with E-state index in [4.69, 9.17) is 9.72 Å². The highest BCUT2D eigenvalue weighted by Crippen LogP contribution is 2.26. The van der Waals surface area contributed by atoms with Crippen molar-refractivity contribution in [3.63, 3.8) is 0 Å². The number of nitrogens with one attached hydrogen (secondary N) is 1. The molecule has 5 aromatic rings. The Morgan fingerprint density at radius 3 is 2.52 bits per heavy atom. The van der Waals surface area contributed by atoms with Crippen LogP contribution in [0, 0.1) is 6.92 Å². The highest BCUT2D eigenvalue weighted by molar-refractivity contribution is 7.15. The third-order valence-corrected chi connectivity index (χ3v) is 7.16. The van der Waals surface area contributed by atoms with E-state index in [1.54, 1.807) is 29.8 Å². The van der Waals surface area contributed by atoms with Gasteiger partial charge >= 0.3 is 0 Å². The van der Waals surface area contributed by atoms with Crippen molar-refractivity contribution in [2.45, 2.75) is 19.9 Å². The number of carbonyl (C=O) groups is 1. The minimum absolute atomic E-state index is 0.0423. The van der Waals surface area contributed by atoms with Crippen LogP contribution in [0.1, 0.15) is 17.0 Å². The molecular formula is C25H22N4O2S2. The number of fused-ring (bicyclic) bond motifs is 1. The molecule has 1 amide bonds. The summed E-state index contributed by atoms with van der Waals surface area (Å²) in [6.07, 6.45) is 2.29. The molecule has 0 aliphatic carbocycles. The number of hydrogen-bond donors (Lipinski definition) is 1. The summed E-state index contributed by atoms with van der Waals surface area (Å²) >= 11 is 3.11. The average Bonchev–Trinajstić information content (AvgIpc) is 3.56. The number of amides is 1. The van der Waals surface area contributed by atoms with Gasteiger partial charge in [-0.25, -0.2) is 9.97 Å². The lowest BCUT2D eigenvalue weighted by Crippen LogP contribution is -2.25. The van der Waals surface area contributed by atoms with E-state index in [1.807, 2.05) is 45.6 Å². The van der Waals surface area contributed by atoms with Gasteiger partial charge in [0.25, 0.3) is 0 Å². The minimum Gasteiger partial charge on any atom is -0.497 e. The fraction of sp³-hybridized carbons (Fsp3) is 0.160. The molecule has 0 radical (unpaired) electrons. The van der Waals surface area contributed by atoms with Crippen molar-refractivity contribution in [1.29, 1.82) is 0 Å². The van der Waals surface area contributed by atoms with Gasteiger partial charge in [-0.05, 0) is 31.2 Å². The third kappa shape index (κ3) is 4.67. The van der Waals surface area contributed by atoms with Crippen LogP contribution in [0.2, 0.25) is 0 Å². The van der Waals surface area contributed by atoms with E-state index in [9.17, 15) is 4.79 Å². The number of benzene rings is 2. The van der Waals surface area contributed by atoms with Gasteiger partial charge in [0.05, 0.1) is 31.5 Å². The average molecular weight is 475 g/mol. The number of methoxy groups -OCH3 is 1. The Balaban J connectivity index is 1.22. The number of aromatic nitrogens is 3. The van der Waals surface area contributed by atoms with Gasteiger partial charge in [-0.2, -0.15) is 0 Å². The van der Waals surface area contributed by atoms with E-state index in [-0.39, 0.29) is 5.91 Å². The molecule has 1 N–H and O–H groups in total. The molecule has 0 aliphatic rings. The van der Waals surface area contributed by atoms with E-state index in [2.05, 4.69) is 41.5 Å². The molecule has 0 fully saturated rings. The molecule has 5 rings (SSSR count). The third-order valence-electron chi connectivity index (χ3n) is 5.33. The van der Waals surface area contributed by atoms with Crippen molar-refractivity contribution in [3.8, 4) is 27.6 Å². The molecule has 166 valence electrons. The summed E-state index contributed by atoms with van der Waals surface area (Å²) in [6.45, 7) is 2.47. The summed E-state index contributed by atoms with van der Waals surface area (Å²) in [5.41, 5.74) is 6.01. The molecule has 0 unspecified atom stereocenters. The van der Waals surface area contributed by atoms with E-state index >= 15 is 0 Å². The standard InChI is InChI=1S/C25H22N4O2S2/c1-16-3-5-17(6-4-16)22-13-29-20(15-33-25(29)28-22)11-23(30)26-12-19-14-32-24(27-19)18-7-9-21(31-2)10-8-18/h3-10,13-15H,11-12H2,1-2H3,(H,26,30). The normalized spacial score (nSPS) is 11.1. The van der Waals surface area contributed by atoms with Crippen molar-refractivity contribution in [1.82, 2.24) is 19.7 Å². The molecule has 33 heavy (non-hydrogen) atoms. The van der Waals surface area contributed by atoms with Gasteiger partial charge in [0.1, 0.15) is 10.8 Å². The number of aryl methyl sites for hydroxylation is 1. The first-order chi connectivity index (χ1) is 16.1. The lowest BCUT2D eigenvalue weighted by molar-refractivity contribution is -0.120. The van der Waals surface area contributed by atoms with Crippen molar-refractivity contribution in [2.24, 2.45) is 0 Å². The fourth-order valence-electron chi connectivity index (χ4n) is 3.49. The van der Waals surface area contributed by atoms with Gasteiger partial charge in [-0.15, -0.1) is 22.7 Å². The number of carbonyl (C=O) groups excluding carboxylic acids is 1. The second-order valence-electron chi connectivity index (χ2n) is 7.70. The molecule has 0 saturated carbocycles. The predicted octanol–water partition coefficient (Wildman–Crippen LogP) is 5.36. The molecule has 3 aromatic heterocycles.